The predicted octanol–water partition coefficient (Wildman–Crippen LogP) is 2.71. The van der Waals surface area contributed by atoms with Gasteiger partial charge < -0.3 is 10.6 Å². The molecule has 2 nitrogen and oxygen atoms in total. The third-order valence-corrected chi connectivity index (χ3v) is 3.60. The first-order valence-corrected chi connectivity index (χ1v) is 6.51. The highest BCUT2D eigenvalue weighted by Crippen LogP contribution is 2.29. The van der Waals surface area contributed by atoms with Crippen LogP contribution in [-0.4, -0.2) is 19.1 Å². The lowest BCUT2D eigenvalue weighted by atomic mass is 10.1. The molecule has 3 heteroatoms. The van der Waals surface area contributed by atoms with Crippen LogP contribution in [-0.2, 0) is 6.42 Å². The van der Waals surface area contributed by atoms with Crippen LogP contribution in [0.5, 0.6) is 0 Å². The van der Waals surface area contributed by atoms with Crippen LogP contribution in [0.4, 0.5) is 10.1 Å². The number of halogens is 1. The molecule has 0 radical (unpaired) electrons. The fourth-order valence-electron chi connectivity index (χ4n) is 2.68. The maximum Gasteiger partial charge on any atom is 0.146 e. The van der Waals surface area contributed by atoms with E-state index in [0.29, 0.717) is 12.6 Å². The van der Waals surface area contributed by atoms with Gasteiger partial charge in [-0.25, -0.2) is 4.39 Å². The fourth-order valence-corrected chi connectivity index (χ4v) is 2.68. The lowest BCUT2D eigenvalue weighted by molar-refractivity contribution is 0.595. The first-order chi connectivity index (χ1) is 8.26. The summed E-state index contributed by atoms with van der Waals surface area (Å²) < 4.78 is 14.1. The van der Waals surface area contributed by atoms with E-state index in [1.165, 1.54) is 12.8 Å². The van der Waals surface area contributed by atoms with Gasteiger partial charge >= 0.3 is 0 Å². The van der Waals surface area contributed by atoms with Gasteiger partial charge in [-0.05, 0) is 49.9 Å². The molecule has 0 aromatic heterocycles. The van der Waals surface area contributed by atoms with Crippen LogP contribution >= 0.6 is 0 Å². The Hall–Kier alpha value is -1.09. The molecule has 0 saturated carbocycles. The molecule has 0 bridgehead atoms. The van der Waals surface area contributed by atoms with E-state index >= 15 is 0 Å². The molecule has 2 rings (SSSR count). The smallest absolute Gasteiger partial charge is 0.146 e. The molecule has 94 valence electrons. The van der Waals surface area contributed by atoms with E-state index in [4.69, 9.17) is 5.73 Å². The summed E-state index contributed by atoms with van der Waals surface area (Å²) in [7, 11) is 0. The maximum absolute atomic E-state index is 14.1. The monoisotopic (exact) mass is 236 g/mol. The number of rotatable bonds is 4. The third kappa shape index (κ3) is 2.60. The van der Waals surface area contributed by atoms with E-state index in [-0.39, 0.29) is 5.82 Å². The van der Waals surface area contributed by atoms with Gasteiger partial charge in [0.1, 0.15) is 5.82 Å². The first kappa shape index (κ1) is 12.4. The Morgan fingerprint density at radius 3 is 2.94 bits per heavy atom. The van der Waals surface area contributed by atoms with Gasteiger partial charge in [0, 0.05) is 12.6 Å². The van der Waals surface area contributed by atoms with Gasteiger partial charge in [-0.1, -0.05) is 13.0 Å². The largest absolute Gasteiger partial charge is 0.366 e. The van der Waals surface area contributed by atoms with Crippen molar-refractivity contribution in [2.45, 2.75) is 38.6 Å². The number of benzene rings is 1. The zero-order chi connectivity index (χ0) is 12.3. The van der Waals surface area contributed by atoms with Crippen LogP contribution in [0.2, 0.25) is 0 Å². The highest BCUT2D eigenvalue weighted by Gasteiger charge is 2.24. The molecule has 1 aliphatic heterocycles. The van der Waals surface area contributed by atoms with E-state index in [0.717, 1.165) is 30.6 Å². The number of nitrogens with two attached hydrogens (primary N) is 1. The van der Waals surface area contributed by atoms with Gasteiger partial charge in [-0.15, -0.1) is 0 Å². The van der Waals surface area contributed by atoms with Crippen molar-refractivity contribution in [1.29, 1.82) is 0 Å². The van der Waals surface area contributed by atoms with E-state index in [1.54, 1.807) is 6.07 Å². The Morgan fingerprint density at radius 1 is 1.47 bits per heavy atom. The number of nitrogens with zero attached hydrogens (tertiary/aromatic N) is 1. The summed E-state index contributed by atoms with van der Waals surface area (Å²) in [5, 5.41) is 0. The number of hydrogen-bond donors (Lipinski definition) is 1. The van der Waals surface area contributed by atoms with E-state index in [2.05, 4.69) is 11.8 Å². The second-order valence-electron chi connectivity index (χ2n) is 4.72. The van der Waals surface area contributed by atoms with Gasteiger partial charge in [-0.3, -0.25) is 0 Å². The van der Waals surface area contributed by atoms with Crippen molar-refractivity contribution in [2.75, 3.05) is 18.0 Å². The van der Waals surface area contributed by atoms with Gasteiger partial charge in [-0.2, -0.15) is 0 Å². The second kappa shape index (κ2) is 5.50. The Bertz CT molecular complexity index is 378. The van der Waals surface area contributed by atoms with Crippen molar-refractivity contribution in [3.8, 4) is 0 Å². The minimum Gasteiger partial charge on any atom is -0.366 e. The molecule has 0 aliphatic carbocycles. The Morgan fingerprint density at radius 2 is 2.29 bits per heavy atom. The second-order valence-corrected chi connectivity index (χ2v) is 4.72. The summed E-state index contributed by atoms with van der Waals surface area (Å²) in [6.07, 6.45) is 4.18. The average Bonchev–Trinajstić information content (AvgIpc) is 2.77. The van der Waals surface area contributed by atoms with Crippen LogP contribution in [0.1, 0.15) is 31.7 Å². The molecule has 1 atom stereocenters. The highest BCUT2D eigenvalue weighted by molar-refractivity contribution is 5.51. The zero-order valence-electron chi connectivity index (χ0n) is 10.5. The summed E-state index contributed by atoms with van der Waals surface area (Å²) in [5.74, 6) is -0.101. The lowest BCUT2D eigenvalue weighted by Crippen LogP contribution is -2.29. The third-order valence-electron chi connectivity index (χ3n) is 3.60. The summed E-state index contributed by atoms with van der Waals surface area (Å²) in [5.41, 5.74) is 7.23. The lowest BCUT2D eigenvalue weighted by Gasteiger charge is -2.26. The van der Waals surface area contributed by atoms with Crippen molar-refractivity contribution in [3.63, 3.8) is 0 Å². The van der Waals surface area contributed by atoms with Crippen molar-refractivity contribution >= 4 is 5.69 Å². The summed E-state index contributed by atoms with van der Waals surface area (Å²) >= 11 is 0. The van der Waals surface area contributed by atoms with Gasteiger partial charge in [0.15, 0.2) is 0 Å². The van der Waals surface area contributed by atoms with Crippen molar-refractivity contribution < 1.29 is 4.39 Å². The van der Waals surface area contributed by atoms with Gasteiger partial charge in [0.05, 0.1) is 5.69 Å². The van der Waals surface area contributed by atoms with Crippen LogP contribution in [0.25, 0.3) is 0 Å². The number of anilines is 1. The van der Waals surface area contributed by atoms with Crippen LogP contribution in [0, 0.1) is 5.82 Å². The molecule has 0 amide bonds. The molecule has 0 spiro atoms. The molecule has 1 aromatic carbocycles. The Kier molecular flexibility index (Phi) is 4.00. The van der Waals surface area contributed by atoms with Crippen molar-refractivity contribution in [2.24, 2.45) is 5.73 Å². The minimum atomic E-state index is -0.101. The Balaban J connectivity index is 2.20. The van der Waals surface area contributed by atoms with Crippen LogP contribution in [0.3, 0.4) is 0 Å². The molecule has 1 aromatic rings. The minimum absolute atomic E-state index is 0.101. The quantitative estimate of drug-likeness (QED) is 0.871. The molecular formula is C14H21FN2. The zero-order valence-corrected chi connectivity index (χ0v) is 10.5. The molecule has 2 N–H and O–H groups in total. The molecule has 1 heterocycles. The maximum atomic E-state index is 14.1. The standard InChI is InChI=1S/C14H21FN2/c1-2-12-4-3-9-17(12)14-6-5-11(7-8-16)10-13(14)15/h5-6,10,12H,2-4,7-9,16H2,1H3. The molecule has 1 fully saturated rings. The van der Waals surface area contributed by atoms with Crippen LogP contribution in [0.15, 0.2) is 18.2 Å². The van der Waals surface area contributed by atoms with Crippen molar-refractivity contribution in [3.05, 3.63) is 29.6 Å². The average molecular weight is 236 g/mol. The van der Waals surface area contributed by atoms with E-state index < -0.39 is 0 Å². The summed E-state index contributed by atoms with van der Waals surface area (Å²) in [6.45, 7) is 3.72. The summed E-state index contributed by atoms with van der Waals surface area (Å²) in [4.78, 5) is 2.21. The molecule has 17 heavy (non-hydrogen) atoms. The summed E-state index contributed by atoms with van der Waals surface area (Å²) in [6, 6.07) is 6.04. The van der Waals surface area contributed by atoms with Gasteiger partial charge in [0.2, 0.25) is 0 Å². The predicted molar refractivity (Wildman–Crippen MR) is 69.8 cm³/mol. The number of hydrogen-bond acceptors (Lipinski definition) is 2. The molecule has 1 saturated heterocycles. The molecule has 1 unspecified atom stereocenters. The fraction of sp³-hybridized carbons (Fsp3) is 0.571. The van der Waals surface area contributed by atoms with Crippen LogP contribution < -0.4 is 10.6 Å². The normalized spacial score (nSPS) is 19.9. The molecular weight excluding hydrogens is 215 g/mol. The molecule has 1 aliphatic rings. The first-order valence-electron chi connectivity index (χ1n) is 6.51. The Labute approximate surface area is 103 Å². The topological polar surface area (TPSA) is 29.3 Å². The van der Waals surface area contributed by atoms with Gasteiger partial charge in [0.25, 0.3) is 0 Å². The SMILES string of the molecule is CCC1CCCN1c1ccc(CCN)cc1F. The van der Waals surface area contributed by atoms with E-state index in [1.807, 2.05) is 12.1 Å². The van der Waals surface area contributed by atoms with Crippen molar-refractivity contribution in [1.82, 2.24) is 0 Å². The van der Waals surface area contributed by atoms with E-state index in [9.17, 15) is 4.39 Å². The highest BCUT2D eigenvalue weighted by atomic mass is 19.1.